The molecule has 0 spiro atoms. The number of nitrogens with zero attached hydrogens (tertiary/aromatic N) is 1. The standard InChI is InChI=1S/C10H14N2O3/c1-8(9-3-2-4-11-7-9)12-10(14)15-6-5-13/h2-4,7-8,13H,5-6H2,1H3,(H,12,14)/t8-/m0/s1. The number of nitrogens with one attached hydrogen (secondary N) is 1. The second kappa shape index (κ2) is 5.98. The number of hydrogen-bond donors (Lipinski definition) is 2. The van der Waals surface area contributed by atoms with Gasteiger partial charge in [-0.25, -0.2) is 4.79 Å². The predicted molar refractivity (Wildman–Crippen MR) is 54.2 cm³/mol. The Balaban J connectivity index is 2.42. The molecule has 1 atom stereocenters. The number of carbonyl (C=O) groups is 1. The number of aromatic nitrogens is 1. The van der Waals surface area contributed by atoms with E-state index in [1.165, 1.54) is 0 Å². The van der Waals surface area contributed by atoms with E-state index in [0.717, 1.165) is 5.56 Å². The highest BCUT2D eigenvalue weighted by Crippen LogP contribution is 2.09. The third kappa shape index (κ3) is 3.95. The summed E-state index contributed by atoms with van der Waals surface area (Å²) in [6.07, 6.45) is 2.80. The zero-order valence-electron chi connectivity index (χ0n) is 8.51. The molecule has 0 aromatic carbocycles. The molecule has 1 rings (SSSR count). The normalized spacial score (nSPS) is 11.9. The Morgan fingerprint density at radius 2 is 2.53 bits per heavy atom. The highest BCUT2D eigenvalue weighted by atomic mass is 16.6. The monoisotopic (exact) mass is 210 g/mol. The average molecular weight is 210 g/mol. The first-order chi connectivity index (χ1) is 7.24. The maximum absolute atomic E-state index is 11.1. The van der Waals surface area contributed by atoms with Crippen LogP contribution in [0, 0.1) is 0 Å². The van der Waals surface area contributed by atoms with Crippen molar-refractivity contribution in [1.29, 1.82) is 0 Å². The summed E-state index contributed by atoms with van der Waals surface area (Å²) in [6, 6.07) is 3.50. The lowest BCUT2D eigenvalue weighted by Crippen LogP contribution is -2.28. The van der Waals surface area contributed by atoms with Crippen molar-refractivity contribution in [1.82, 2.24) is 10.3 Å². The molecule has 5 heteroatoms. The summed E-state index contributed by atoms with van der Waals surface area (Å²) in [5, 5.41) is 11.1. The van der Waals surface area contributed by atoms with Gasteiger partial charge in [-0.05, 0) is 18.6 Å². The Bertz CT molecular complexity index is 303. The minimum Gasteiger partial charge on any atom is -0.447 e. The van der Waals surface area contributed by atoms with Gasteiger partial charge in [-0.2, -0.15) is 0 Å². The third-order valence-electron chi connectivity index (χ3n) is 1.84. The molecular formula is C10H14N2O3. The van der Waals surface area contributed by atoms with Crippen LogP contribution in [-0.2, 0) is 4.74 Å². The summed E-state index contributed by atoms with van der Waals surface area (Å²) in [7, 11) is 0. The second-order valence-corrected chi connectivity index (χ2v) is 3.01. The fourth-order valence-corrected chi connectivity index (χ4v) is 1.07. The van der Waals surface area contributed by atoms with Crippen molar-refractivity contribution in [3.8, 4) is 0 Å². The lowest BCUT2D eigenvalue weighted by Gasteiger charge is -2.13. The molecule has 0 unspecified atom stereocenters. The minimum absolute atomic E-state index is 0.00555. The van der Waals surface area contributed by atoms with Crippen LogP contribution < -0.4 is 5.32 Å². The molecule has 1 aromatic heterocycles. The summed E-state index contributed by atoms with van der Waals surface area (Å²) in [4.78, 5) is 15.1. The number of amides is 1. The van der Waals surface area contributed by atoms with Crippen LogP contribution in [0.15, 0.2) is 24.5 Å². The Morgan fingerprint density at radius 3 is 3.13 bits per heavy atom. The molecule has 1 heterocycles. The van der Waals surface area contributed by atoms with E-state index >= 15 is 0 Å². The SMILES string of the molecule is C[C@H](NC(=O)OCCO)c1cccnc1. The molecule has 0 aliphatic heterocycles. The molecular weight excluding hydrogens is 196 g/mol. The lowest BCUT2D eigenvalue weighted by atomic mass is 10.1. The van der Waals surface area contributed by atoms with Gasteiger partial charge in [-0.1, -0.05) is 6.07 Å². The van der Waals surface area contributed by atoms with E-state index in [4.69, 9.17) is 5.11 Å². The fraction of sp³-hybridized carbons (Fsp3) is 0.400. The van der Waals surface area contributed by atoms with Gasteiger partial charge in [-0.15, -0.1) is 0 Å². The Hall–Kier alpha value is -1.62. The highest BCUT2D eigenvalue weighted by Gasteiger charge is 2.09. The number of aliphatic hydroxyl groups is 1. The van der Waals surface area contributed by atoms with E-state index in [0.29, 0.717) is 0 Å². The van der Waals surface area contributed by atoms with Crippen LogP contribution in [-0.4, -0.2) is 29.4 Å². The van der Waals surface area contributed by atoms with Crippen LogP contribution in [0.4, 0.5) is 4.79 Å². The first-order valence-electron chi connectivity index (χ1n) is 4.68. The average Bonchev–Trinajstić information content (AvgIpc) is 2.27. The Kier molecular flexibility index (Phi) is 4.56. The van der Waals surface area contributed by atoms with E-state index in [1.807, 2.05) is 13.0 Å². The van der Waals surface area contributed by atoms with Crippen molar-refractivity contribution < 1.29 is 14.6 Å². The van der Waals surface area contributed by atoms with E-state index in [-0.39, 0.29) is 19.3 Å². The number of rotatable bonds is 4. The van der Waals surface area contributed by atoms with Crippen molar-refractivity contribution in [3.05, 3.63) is 30.1 Å². The summed E-state index contributed by atoms with van der Waals surface area (Å²) in [5.41, 5.74) is 0.901. The van der Waals surface area contributed by atoms with Crippen LogP contribution in [0.1, 0.15) is 18.5 Å². The molecule has 0 aliphatic rings. The molecule has 15 heavy (non-hydrogen) atoms. The zero-order valence-corrected chi connectivity index (χ0v) is 8.51. The molecule has 1 amide bonds. The van der Waals surface area contributed by atoms with E-state index < -0.39 is 6.09 Å². The van der Waals surface area contributed by atoms with Crippen molar-refractivity contribution in [2.45, 2.75) is 13.0 Å². The maximum atomic E-state index is 11.1. The van der Waals surface area contributed by atoms with Crippen molar-refractivity contribution >= 4 is 6.09 Å². The molecule has 5 nitrogen and oxygen atoms in total. The third-order valence-corrected chi connectivity index (χ3v) is 1.84. The van der Waals surface area contributed by atoms with Crippen LogP contribution in [0.25, 0.3) is 0 Å². The minimum atomic E-state index is -0.541. The lowest BCUT2D eigenvalue weighted by molar-refractivity contribution is 0.116. The van der Waals surface area contributed by atoms with Crippen molar-refractivity contribution in [3.63, 3.8) is 0 Å². The molecule has 0 saturated heterocycles. The van der Waals surface area contributed by atoms with Crippen LogP contribution in [0.5, 0.6) is 0 Å². The largest absolute Gasteiger partial charge is 0.447 e. The van der Waals surface area contributed by atoms with Crippen LogP contribution in [0.2, 0.25) is 0 Å². The van der Waals surface area contributed by atoms with Crippen LogP contribution in [0.3, 0.4) is 0 Å². The number of aliphatic hydroxyl groups excluding tert-OH is 1. The van der Waals surface area contributed by atoms with Gasteiger partial charge < -0.3 is 15.2 Å². The van der Waals surface area contributed by atoms with Gasteiger partial charge in [0.2, 0.25) is 0 Å². The van der Waals surface area contributed by atoms with Gasteiger partial charge in [-0.3, -0.25) is 4.98 Å². The van der Waals surface area contributed by atoms with E-state index in [1.54, 1.807) is 18.5 Å². The molecule has 1 aromatic rings. The summed E-state index contributed by atoms with van der Waals surface area (Å²) < 4.78 is 4.66. The maximum Gasteiger partial charge on any atom is 0.407 e. The molecule has 82 valence electrons. The van der Waals surface area contributed by atoms with Crippen molar-refractivity contribution in [2.24, 2.45) is 0 Å². The number of ether oxygens (including phenoxy) is 1. The predicted octanol–water partition coefficient (Wildman–Crippen LogP) is 0.861. The Labute approximate surface area is 88.1 Å². The number of pyridine rings is 1. The van der Waals surface area contributed by atoms with Gasteiger partial charge >= 0.3 is 6.09 Å². The first kappa shape index (κ1) is 11.5. The quantitative estimate of drug-likeness (QED) is 0.773. The highest BCUT2D eigenvalue weighted by molar-refractivity contribution is 5.67. The van der Waals surface area contributed by atoms with Gasteiger partial charge in [0, 0.05) is 12.4 Å². The van der Waals surface area contributed by atoms with E-state index in [2.05, 4.69) is 15.0 Å². The number of alkyl carbamates (subject to hydrolysis) is 1. The Morgan fingerprint density at radius 1 is 1.73 bits per heavy atom. The van der Waals surface area contributed by atoms with E-state index in [9.17, 15) is 4.79 Å². The van der Waals surface area contributed by atoms with Crippen LogP contribution >= 0.6 is 0 Å². The van der Waals surface area contributed by atoms with Gasteiger partial charge in [0.25, 0.3) is 0 Å². The molecule has 0 bridgehead atoms. The summed E-state index contributed by atoms with van der Waals surface area (Å²) in [6.45, 7) is 1.66. The second-order valence-electron chi connectivity index (χ2n) is 3.01. The van der Waals surface area contributed by atoms with Crippen molar-refractivity contribution in [2.75, 3.05) is 13.2 Å². The smallest absolute Gasteiger partial charge is 0.407 e. The summed E-state index contributed by atoms with van der Waals surface area (Å²) >= 11 is 0. The van der Waals surface area contributed by atoms with Gasteiger partial charge in [0.15, 0.2) is 0 Å². The number of carbonyl (C=O) groups excluding carboxylic acids is 1. The zero-order chi connectivity index (χ0) is 11.1. The molecule has 0 fully saturated rings. The van der Waals surface area contributed by atoms with Gasteiger partial charge in [0.05, 0.1) is 12.6 Å². The molecule has 2 N–H and O–H groups in total. The molecule has 0 aliphatic carbocycles. The van der Waals surface area contributed by atoms with Gasteiger partial charge in [0.1, 0.15) is 6.61 Å². The first-order valence-corrected chi connectivity index (χ1v) is 4.68. The topological polar surface area (TPSA) is 71.5 Å². The fourth-order valence-electron chi connectivity index (χ4n) is 1.07. The number of hydrogen-bond acceptors (Lipinski definition) is 4. The molecule has 0 saturated carbocycles. The summed E-state index contributed by atoms with van der Waals surface area (Å²) in [5.74, 6) is 0. The molecule has 0 radical (unpaired) electrons.